The van der Waals surface area contributed by atoms with Gasteiger partial charge in [0.25, 0.3) is 5.56 Å². The largest absolute Gasteiger partial charge is 0.492 e. The molecule has 3 heterocycles. The van der Waals surface area contributed by atoms with Gasteiger partial charge in [-0.1, -0.05) is 18.2 Å². The van der Waals surface area contributed by atoms with Gasteiger partial charge in [-0.25, -0.2) is 4.98 Å². The Morgan fingerprint density at radius 2 is 1.80 bits per heavy atom. The molecule has 0 amide bonds. The Balaban J connectivity index is 1.26. The van der Waals surface area contributed by atoms with Gasteiger partial charge in [0.15, 0.2) is 5.82 Å². The molecule has 1 aromatic carbocycles. The molecule has 3 aromatic rings. The van der Waals surface area contributed by atoms with Gasteiger partial charge in [0.1, 0.15) is 12.4 Å². The molecule has 0 atom stereocenters. The highest BCUT2D eigenvalue weighted by atomic mass is 16.5. The summed E-state index contributed by atoms with van der Waals surface area (Å²) < 4.78 is 7.47. The summed E-state index contributed by atoms with van der Waals surface area (Å²) in [6, 6.07) is 14.0. The molecule has 0 spiro atoms. The van der Waals surface area contributed by atoms with Crippen LogP contribution in [0.4, 0.5) is 5.82 Å². The van der Waals surface area contributed by atoms with E-state index in [-0.39, 0.29) is 11.6 Å². The molecule has 4 rings (SSSR count). The smallest absolute Gasteiger partial charge is 0.293 e. The van der Waals surface area contributed by atoms with E-state index in [0.29, 0.717) is 19.0 Å². The van der Waals surface area contributed by atoms with E-state index in [1.54, 1.807) is 29.4 Å². The SMILES string of the molecule is O=c1c(NC2CCN(CCOc3ccccc3)CC2)nccn1Cc1ccncc1. The summed E-state index contributed by atoms with van der Waals surface area (Å²) in [4.78, 5) is 23.5. The van der Waals surface area contributed by atoms with E-state index in [1.165, 1.54) is 0 Å². The van der Waals surface area contributed by atoms with E-state index in [4.69, 9.17) is 4.74 Å². The van der Waals surface area contributed by atoms with Crippen LogP contribution in [0.5, 0.6) is 5.75 Å². The van der Waals surface area contributed by atoms with Crippen LogP contribution in [0.15, 0.2) is 72.0 Å². The molecule has 1 N–H and O–H groups in total. The molecular formula is C23H27N5O2. The maximum Gasteiger partial charge on any atom is 0.293 e. The van der Waals surface area contributed by atoms with Crippen molar-refractivity contribution in [2.45, 2.75) is 25.4 Å². The van der Waals surface area contributed by atoms with Crippen LogP contribution in [-0.4, -0.2) is 51.7 Å². The molecule has 2 aromatic heterocycles. The number of benzene rings is 1. The minimum Gasteiger partial charge on any atom is -0.492 e. The van der Waals surface area contributed by atoms with Crippen molar-refractivity contribution in [3.05, 3.63) is 83.2 Å². The monoisotopic (exact) mass is 405 g/mol. The zero-order chi connectivity index (χ0) is 20.6. The summed E-state index contributed by atoms with van der Waals surface area (Å²) in [7, 11) is 0. The predicted molar refractivity (Wildman–Crippen MR) is 117 cm³/mol. The summed E-state index contributed by atoms with van der Waals surface area (Å²) in [5.74, 6) is 1.34. The minimum absolute atomic E-state index is 0.0898. The number of hydrogen-bond donors (Lipinski definition) is 1. The number of aromatic nitrogens is 3. The van der Waals surface area contributed by atoms with Gasteiger partial charge in [0.2, 0.25) is 0 Å². The zero-order valence-electron chi connectivity index (χ0n) is 17.0. The first-order valence-corrected chi connectivity index (χ1v) is 10.4. The van der Waals surface area contributed by atoms with Crippen LogP contribution in [0.1, 0.15) is 18.4 Å². The van der Waals surface area contributed by atoms with Crippen molar-refractivity contribution in [1.82, 2.24) is 19.4 Å². The predicted octanol–water partition coefficient (Wildman–Crippen LogP) is 2.64. The van der Waals surface area contributed by atoms with Gasteiger partial charge in [-0.3, -0.25) is 14.7 Å². The van der Waals surface area contributed by atoms with E-state index < -0.39 is 0 Å². The van der Waals surface area contributed by atoms with Gasteiger partial charge < -0.3 is 14.6 Å². The van der Waals surface area contributed by atoms with Crippen molar-refractivity contribution >= 4 is 5.82 Å². The van der Waals surface area contributed by atoms with Gasteiger partial charge in [0, 0.05) is 50.5 Å². The van der Waals surface area contributed by atoms with Crippen LogP contribution < -0.4 is 15.6 Å². The number of hydrogen-bond acceptors (Lipinski definition) is 6. The van der Waals surface area contributed by atoms with Crippen molar-refractivity contribution < 1.29 is 4.74 Å². The molecule has 7 heteroatoms. The average Bonchev–Trinajstić information content (AvgIpc) is 2.79. The summed E-state index contributed by atoms with van der Waals surface area (Å²) in [5, 5.41) is 3.36. The number of nitrogens with zero attached hydrogens (tertiary/aromatic N) is 4. The van der Waals surface area contributed by atoms with Crippen LogP contribution in [0.25, 0.3) is 0 Å². The minimum atomic E-state index is -0.0898. The first-order chi connectivity index (χ1) is 14.8. The lowest BCUT2D eigenvalue weighted by Gasteiger charge is -2.32. The molecule has 0 aliphatic carbocycles. The second-order valence-corrected chi connectivity index (χ2v) is 7.49. The fourth-order valence-corrected chi connectivity index (χ4v) is 3.66. The molecule has 30 heavy (non-hydrogen) atoms. The fourth-order valence-electron chi connectivity index (χ4n) is 3.66. The third-order valence-electron chi connectivity index (χ3n) is 5.36. The Morgan fingerprint density at radius 1 is 1.03 bits per heavy atom. The summed E-state index contributed by atoms with van der Waals surface area (Å²) in [5.41, 5.74) is 0.947. The van der Waals surface area contributed by atoms with Gasteiger partial charge in [-0.05, 0) is 42.7 Å². The van der Waals surface area contributed by atoms with Crippen LogP contribution in [-0.2, 0) is 6.54 Å². The second kappa shape index (κ2) is 10.0. The Kier molecular flexibility index (Phi) is 6.72. The van der Waals surface area contributed by atoms with Crippen LogP contribution >= 0.6 is 0 Å². The zero-order valence-corrected chi connectivity index (χ0v) is 17.0. The summed E-state index contributed by atoms with van der Waals surface area (Å²) in [6.07, 6.45) is 8.83. The molecule has 1 saturated heterocycles. The van der Waals surface area contributed by atoms with Crippen LogP contribution in [0.3, 0.4) is 0 Å². The first-order valence-electron chi connectivity index (χ1n) is 10.4. The fraction of sp³-hybridized carbons (Fsp3) is 0.348. The third-order valence-corrected chi connectivity index (χ3v) is 5.36. The van der Waals surface area contributed by atoms with Crippen LogP contribution in [0, 0.1) is 0 Å². The number of pyridine rings is 1. The highest BCUT2D eigenvalue weighted by molar-refractivity contribution is 5.33. The first kappa shape index (κ1) is 20.1. The lowest BCUT2D eigenvalue weighted by Crippen LogP contribution is -2.42. The van der Waals surface area contributed by atoms with Crippen LogP contribution in [0.2, 0.25) is 0 Å². The van der Waals surface area contributed by atoms with Crippen molar-refractivity contribution in [3.8, 4) is 5.75 Å². The Hall–Kier alpha value is -3.19. The summed E-state index contributed by atoms with van der Waals surface area (Å²) >= 11 is 0. The number of anilines is 1. The average molecular weight is 406 g/mol. The van der Waals surface area contributed by atoms with Gasteiger partial charge in [-0.15, -0.1) is 0 Å². The number of ether oxygens (including phenoxy) is 1. The standard InChI is InChI=1S/C23H27N5O2/c29-23-22(25-12-15-28(23)18-19-6-10-24-11-7-19)26-20-8-13-27(14-9-20)16-17-30-21-4-2-1-3-5-21/h1-7,10-12,15,20H,8-9,13-14,16-18H2,(H,25,26). The number of rotatable bonds is 8. The number of likely N-dealkylation sites (tertiary alicyclic amines) is 1. The number of nitrogens with one attached hydrogen (secondary N) is 1. The number of piperidine rings is 1. The van der Waals surface area contributed by atoms with E-state index >= 15 is 0 Å². The topological polar surface area (TPSA) is 72.3 Å². The van der Waals surface area contributed by atoms with E-state index in [0.717, 1.165) is 43.8 Å². The molecule has 7 nitrogen and oxygen atoms in total. The van der Waals surface area contributed by atoms with Crippen molar-refractivity contribution in [2.24, 2.45) is 0 Å². The molecular weight excluding hydrogens is 378 g/mol. The molecule has 1 aliphatic heterocycles. The van der Waals surface area contributed by atoms with Crippen molar-refractivity contribution in [2.75, 3.05) is 31.6 Å². The normalized spacial score (nSPS) is 15.1. The maximum atomic E-state index is 12.8. The van der Waals surface area contributed by atoms with Crippen molar-refractivity contribution in [1.29, 1.82) is 0 Å². The van der Waals surface area contributed by atoms with Gasteiger partial charge in [-0.2, -0.15) is 0 Å². The third kappa shape index (κ3) is 5.45. The molecule has 0 saturated carbocycles. The molecule has 1 aliphatic rings. The van der Waals surface area contributed by atoms with Gasteiger partial charge >= 0.3 is 0 Å². The molecule has 0 radical (unpaired) electrons. The van der Waals surface area contributed by atoms with E-state index in [2.05, 4.69) is 20.2 Å². The Bertz CT molecular complexity index is 970. The molecule has 1 fully saturated rings. The second-order valence-electron chi connectivity index (χ2n) is 7.49. The van der Waals surface area contributed by atoms with E-state index in [9.17, 15) is 4.79 Å². The maximum absolute atomic E-state index is 12.8. The lowest BCUT2D eigenvalue weighted by atomic mass is 10.1. The lowest BCUT2D eigenvalue weighted by molar-refractivity contribution is 0.177. The summed E-state index contributed by atoms with van der Waals surface area (Å²) in [6.45, 7) is 4.06. The highest BCUT2D eigenvalue weighted by Gasteiger charge is 2.20. The Morgan fingerprint density at radius 3 is 2.57 bits per heavy atom. The highest BCUT2D eigenvalue weighted by Crippen LogP contribution is 2.14. The van der Waals surface area contributed by atoms with E-state index in [1.807, 2.05) is 42.5 Å². The molecule has 156 valence electrons. The molecule has 0 unspecified atom stereocenters. The quantitative estimate of drug-likeness (QED) is 0.621. The number of para-hydroxylation sites is 1. The van der Waals surface area contributed by atoms with Crippen molar-refractivity contribution in [3.63, 3.8) is 0 Å². The Labute approximate surface area is 176 Å². The molecule has 0 bridgehead atoms. The van der Waals surface area contributed by atoms with Gasteiger partial charge in [0.05, 0.1) is 6.54 Å².